The third kappa shape index (κ3) is 3.20. The molecule has 5 nitrogen and oxygen atoms in total. The van der Waals surface area contributed by atoms with Crippen molar-refractivity contribution >= 4 is 15.9 Å². The highest BCUT2D eigenvalue weighted by atomic mass is 79.9. The SMILES string of the molecule is COc1cc(CN2C[C@@H](O)[C@@H](O)C2)c(OC)cc1Br. The van der Waals surface area contributed by atoms with E-state index in [1.807, 2.05) is 17.0 Å². The number of hydrogen-bond acceptors (Lipinski definition) is 5. The summed E-state index contributed by atoms with van der Waals surface area (Å²) < 4.78 is 11.5. The van der Waals surface area contributed by atoms with Crippen molar-refractivity contribution in [3.8, 4) is 11.5 Å². The van der Waals surface area contributed by atoms with Crippen LogP contribution in [0.4, 0.5) is 0 Å². The number of likely N-dealkylation sites (tertiary alicyclic amines) is 1. The van der Waals surface area contributed by atoms with Crippen molar-refractivity contribution < 1.29 is 19.7 Å². The van der Waals surface area contributed by atoms with Gasteiger partial charge in [0, 0.05) is 25.2 Å². The molecule has 1 aliphatic heterocycles. The Kier molecular flexibility index (Phi) is 4.67. The monoisotopic (exact) mass is 331 g/mol. The van der Waals surface area contributed by atoms with E-state index in [1.54, 1.807) is 14.2 Å². The quantitative estimate of drug-likeness (QED) is 0.862. The zero-order valence-corrected chi connectivity index (χ0v) is 12.6. The maximum atomic E-state index is 9.56. The Morgan fingerprint density at radius 1 is 1.16 bits per heavy atom. The number of β-amino-alcohol motifs (C(OH)–C–C–N with tert-alkyl or cyclic N) is 2. The molecule has 1 fully saturated rings. The van der Waals surface area contributed by atoms with Crippen molar-refractivity contribution in [1.82, 2.24) is 4.90 Å². The summed E-state index contributed by atoms with van der Waals surface area (Å²) in [6, 6.07) is 3.76. The molecular formula is C13H18BrNO4. The second-order valence-corrected chi connectivity index (χ2v) is 5.48. The van der Waals surface area contributed by atoms with Crippen LogP contribution in [-0.4, -0.2) is 54.6 Å². The van der Waals surface area contributed by atoms with Gasteiger partial charge in [-0.3, -0.25) is 4.90 Å². The molecule has 2 atom stereocenters. The molecule has 6 heteroatoms. The van der Waals surface area contributed by atoms with E-state index in [0.29, 0.717) is 19.6 Å². The summed E-state index contributed by atoms with van der Waals surface area (Å²) in [6.45, 7) is 1.52. The first kappa shape index (κ1) is 14.6. The highest BCUT2D eigenvalue weighted by molar-refractivity contribution is 9.10. The van der Waals surface area contributed by atoms with Crippen LogP contribution in [0.15, 0.2) is 16.6 Å². The predicted octanol–water partition coefficient (Wildman–Crippen LogP) is 1.00. The van der Waals surface area contributed by atoms with Crippen LogP contribution in [0.5, 0.6) is 11.5 Å². The number of methoxy groups -OCH3 is 2. The Balaban J connectivity index is 2.19. The van der Waals surface area contributed by atoms with Crippen molar-refractivity contribution in [2.24, 2.45) is 0 Å². The van der Waals surface area contributed by atoms with Gasteiger partial charge >= 0.3 is 0 Å². The normalized spacial score (nSPS) is 23.6. The van der Waals surface area contributed by atoms with E-state index in [9.17, 15) is 10.2 Å². The van der Waals surface area contributed by atoms with Gasteiger partial charge in [-0.2, -0.15) is 0 Å². The molecule has 19 heavy (non-hydrogen) atoms. The van der Waals surface area contributed by atoms with Crippen molar-refractivity contribution in [3.05, 3.63) is 22.2 Å². The van der Waals surface area contributed by atoms with Crippen molar-refractivity contribution in [1.29, 1.82) is 0 Å². The van der Waals surface area contributed by atoms with E-state index in [2.05, 4.69) is 15.9 Å². The Morgan fingerprint density at radius 3 is 2.26 bits per heavy atom. The Morgan fingerprint density at radius 2 is 1.74 bits per heavy atom. The average molecular weight is 332 g/mol. The summed E-state index contributed by atoms with van der Waals surface area (Å²) >= 11 is 3.42. The van der Waals surface area contributed by atoms with Gasteiger partial charge in [0.2, 0.25) is 0 Å². The fourth-order valence-electron chi connectivity index (χ4n) is 2.26. The van der Waals surface area contributed by atoms with Crippen LogP contribution >= 0.6 is 15.9 Å². The molecule has 2 rings (SSSR count). The Bertz CT molecular complexity index is 445. The molecule has 0 amide bonds. The molecule has 1 aromatic carbocycles. The summed E-state index contributed by atoms with van der Waals surface area (Å²) in [6.07, 6.45) is -1.35. The lowest BCUT2D eigenvalue weighted by Crippen LogP contribution is -2.22. The molecule has 1 aliphatic rings. The van der Waals surface area contributed by atoms with Gasteiger partial charge in [0.25, 0.3) is 0 Å². The molecule has 1 saturated heterocycles. The van der Waals surface area contributed by atoms with Crippen LogP contribution in [0.25, 0.3) is 0 Å². The second kappa shape index (κ2) is 6.09. The topological polar surface area (TPSA) is 62.2 Å². The summed E-state index contributed by atoms with van der Waals surface area (Å²) in [5.41, 5.74) is 0.962. The molecule has 0 aromatic heterocycles. The summed E-state index contributed by atoms with van der Waals surface area (Å²) in [5, 5.41) is 19.1. The summed E-state index contributed by atoms with van der Waals surface area (Å²) in [5.74, 6) is 1.49. The summed E-state index contributed by atoms with van der Waals surface area (Å²) in [4.78, 5) is 1.99. The molecule has 0 bridgehead atoms. The number of aliphatic hydroxyl groups excluding tert-OH is 2. The first-order valence-corrected chi connectivity index (χ1v) is 6.83. The maximum absolute atomic E-state index is 9.56. The first-order chi connectivity index (χ1) is 9.05. The summed E-state index contributed by atoms with van der Waals surface area (Å²) in [7, 11) is 3.23. The highest BCUT2D eigenvalue weighted by Gasteiger charge is 2.30. The lowest BCUT2D eigenvalue weighted by molar-refractivity contribution is 0.0572. The van der Waals surface area contributed by atoms with Crippen molar-refractivity contribution in [3.63, 3.8) is 0 Å². The van der Waals surface area contributed by atoms with Gasteiger partial charge in [-0.25, -0.2) is 0 Å². The second-order valence-electron chi connectivity index (χ2n) is 4.63. The van der Waals surface area contributed by atoms with Crippen LogP contribution in [0, 0.1) is 0 Å². The fraction of sp³-hybridized carbons (Fsp3) is 0.538. The zero-order valence-electron chi connectivity index (χ0n) is 11.0. The van der Waals surface area contributed by atoms with Gasteiger partial charge < -0.3 is 19.7 Å². The number of nitrogens with zero attached hydrogens (tertiary/aromatic N) is 1. The van der Waals surface area contributed by atoms with E-state index < -0.39 is 12.2 Å². The highest BCUT2D eigenvalue weighted by Crippen LogP contribution is 2.33. The average Bonchev–Trinajstić information content (AvgIpc) is 2.70. The number of aliphatic hydroxyl groups is 2. The van der Waals surface area contributed by atoms with Gasteiger partial charge in [0.1, 0.15) is 11.5 Å². The number of halogens is 1. The van der Waals surface area contributed by atoms with Gasteiger partial charge in [-0.15, -0.1) is 0 Å². The standard InChI is InChI=1S/C13H18BrNO4/c1-18-12-4-9(14)13(19-2)3-8(12)5-15-6-10(16)11(17)7-15/h3-4,10-11,16-17H,5-7H2,1-2H3/t10-,11+. The van der Waals surface area contributed by atoms with Crippen LogP contribution < -0.4 is 9.47 Å². The predicted molar refractivity (Wildman–Crippen MR) is 74.5 cm³/mol. The molecule has 0 spiro atoms. The molecular weight excluding hydrogens is 314 g/mol. The lowest BCUT2D eigenvalue weighted by atomic mass is 10.1. The zero-order chi connectivity index (χ0) is 14.0. The number of ether oxygens (including phenoxy) is 2. The van der Waals surface area contributed by atoms with Crippen LogP contribution in [0.2, 0.25) is 0 Å². The minimum atomic E-state index is -0.677. The first-order valence-electron chi connectivity index (χ1n) is 6.04. The molecule has 0 unspecified atom stereocenters. The molecule has 2 N–H and O–H groups in total. The largest absolute Gasteiger partial charge is 0.496 e. The Labute approximate surface area is 120 Å². The van der Waals surface area contributed by atoms with Crippen LogP contribution in [0.1, 0.15) is 5.56 Å². The smallest absolute Gasteiger partial charge is 0.133 e. The third-order valence-corrected chi connectivity index (χ3v) is 3.90. The Hall–Kier alpha value is -0.820. The van der Waals surface area contributed by atoms with Crippen molar-refractivity contribution in [2.75, 3.05) is 27.3 Å². The molecule has 1 heterocycles. The van der Waals surface area contributed by atoms with E-state index in [4.69, 9.17) is 9.47 Å². The molecule has 1 aromatic rings. The molecule has 0 saturated carbocycles. The number of rotatable bonds is 4. The molecule has 106 valence electrons. The van der Waals surface area contributed by atoms with E-state index >= 15 is 0 Å². The molecule has 0 radical (unpaired) electrons. The van der Waals surface area contributed by atoms with Crippen LogP contribution in [-0.2, 0) is 6.54 Å². The maximum Gasteiger partial charge on any atom is 0.133 e. The fourth-order valence-corrected chi connectivity index (χ4v) is 2.75. The lowest BCUT2D eigenvalue weighted by Gasteiger charge is -2.18. The van der Waals surface area contributed by atoms with E-state index in [-0.39, 0.29) is 0 Å². The van der Waals surface area contributed by atoms with Gasteiger partial charge in [-0.05, 0) is 28.1 Å². The minimum absolute atomic E-state index is 0.461. The number of benzene rings is 1. The third-order valence-electron chi connectivity index (χ3n) is 3.28. The number of hydrogen-bond donors (Lipinski definition) is 2. The van der Waals surface area contributed by atoms with E-state index in [0.717, 1.165) is 21.5 Å². The van der Waals surface area contributed by atoms with Crippen LogP contribution in [0.3, 0.4) is 0 Å². The van der Waals surface area contributed by atoms with Gasteiger partial charge in [0.15, 0.2) is 0 Å². The molecule has 0 aliphatic carbocycles. The van der Waals surface area contributed by atoms with Crippen molar-refractivity contribution in [2.45, 2.75) is 18.8 Å². The van der Waals surface area contributed by atoms with Gasteiger partial charge in [0.05, 0.1) is 30.9 Å². The minimum Gasteiger partial charge on any atom is -0.496 e. The van der Waals surface area contributed by atoms with E-state index in [1.165, 1.54) is 0 Å². The van der Waals surface area contributed by atoms with Gasteiger partial charge in [-0.1, -0.05) is 0 Å².